The number of piperidine rings is 1. The van der Waals surface area contributed by atoms with Crippen LogP contribution in [0.2, 0.25) is 0 Å². The van der Waals surface area contributed by atoms with Crippen LogP contribution in [0.5, 0.6) is 5.75 Å². The van der Waals surface area contributed by atoms with Gasteiger partial charge in [-0.3, -0.25) is 4.79 Å². The maximum absolute atomic E-state index is 12.9. The number of carbonyl (C=O) groups excluding carboxylic acids is 1. The molecule has 0 radical (unpaired) electrons. The first-order chi connectivity index (χ1) is 15.7. The molecular weight excluding hydrogens is 469 g/mol. The number of aryl methyl sites for hydroxylation is 2. The molecule has 0 unspecified atom stereocenters. The van der Waals surface area contributed by atoms with Crippen LogP contribution in [0.3, 0.4) is 0 Å². The van der Waals surface area contributed by atoms with Crippen molar-refractivity contribution in [2.24, 2.45) is 0 Å². The summed E-state index contributed by atoms with van der Waals surface area (Å²) in [6.07, 6.45) is -3.77. The summed E-state index contributed by atoms with van der Waals surface area (Å²) < 4.78 is 71.2. The highest BCUT2D eigenvalue weighted by Crippen LogP contribution is 2.31. The van der Waals surface area contributed by atoms with Gasteiger partial charge in [-0.25, -0.2) is 8.42 Å². The number of alkyl halides is 3. The van der Waals surface area contributed by atoms with E-state index >= 15 is 0 Å². The van der Waals surface area contributed by atoms with Gasteiger partial charge in [-0.2, -0.15) is 17.5 Å². The Morgan fingerprint density at radius 3 is 2.18 bits per heavy atom. The van der Waals surface area contributed by atoms with E-state index in [1.165, 1.54) is 4.31 Å². The van der Waals surface area contributed by atoms with E-state index in [2.05, 4.69) is 5.32 Å². The molecule has 1 saturated heterocycles. The third-order valence-electron chi connectivity index (χ3n) is 5.86. The van der Waals surface area contributed by atoms with Crippen molar-refractivity contribution in [2.45, 2.75) is 63.3 Å². The molecule has 0 spiro atoms. The van der Waals surface area contributed by atoms with E-state index in [1.54, 1.807) is 13.8 Å². The fraction of sp³-hybridized carbons (Fsp3) is 0.458. The van der Waals surface area contributed by atoms with Gasteiger partial charge in [-0.1, -0.05) is 12.1 Å². The van der Waals surface area contributed by atoms with Crippen molar-refractivity contribution in [2.75, 3.05) is 13.1 Å². The molecule has 0 aromatic heterocycles. The first kappa shape index (κ1) is 26.0. The molecule has 1 amide bonds. The molecule has 1 fully saturated rings. The molecule has 6 nitrogen and oxygen atoms in total. The Hall–Kier alpha value is -2.59. The van der Waals surface area contributed by atoms with E-state index in [0.29, 0.717) is 18.6 Å². The number of nitrogens with one attached hydrogen (secondary N) is 1. The van der Waals surface area contributed by atoms with E-state index in [0.717, 1.165) is 35.4 Å². The quantitative estimate of drug-likeness (QED) is 0.639. The zero-order valence-electron chi connectivity index (χ0n) is 19.6. The lowest BCUT2D eigenvalue weighted by Crippen LogP contribution is -2.53. The molecule has 0 aliphatic carbocycles. The maximum atomic E-state index is 12.9. The Kier molecular flexibility index (Phi) is 7.33. The monoisotopic (exact) mass is 498 g/mol. The van der Waals surface area contributed by atoms with Gasteiger partial charge in [0.2, 0.25) is 10.0 Å². The standard InChI is InChI=1S/C24H29F3N2O4S/c1-16-5-6-17(2)21(15-16)33-23(3,4)22(30)28-19-11-13-29(14-12-19)34(31,32)20-9-7-18(8-10-20)24(25,26)27/h5-10,15,19H,11-14H2,1-4H3,(H,28,30). The van der Waals surface area contributed by atoms with E-state index in [1.807, 2.05) is 32.0 Å². The van der Waals surface area contributed by atoms with E-state index in [-0.39, 0.29) is 29.9 Å². The summed E-state index contributed by atoms with van der Waals surface area (Å²) in [6.45, 7) is 7.48. The summed E-state index contributed by atoms with van der Waals surface area (Å²) >= 11 is 0. The number of benzene rings is 2. The lowest BCUT2D eigenvalue weighted by atomic mass is 10.0. The number of sulfonamides is 1. The third-order valence-corrected chi connectivity index (χ3v) is 7.78. The van der Waals surface area contributed by atoms with E-state index < -0.39 is 27.4 Å². The number of carbonyl (C=O) groups is 1. The Balaban J connectivity index is 1.59. The second-order valence-corrected chi connectivity index (χ2v) is 11.0. The van der Waals surface area contributed by atoms with Crippen molar-refractivity contribution in [3.05, 3.63) is 59.2 Å². The Morgan fingerprint density at radius 1 is 1.03 bits per heavy atom. The van der Waals surface area contributed by atoms with Crippen LogP contribution >= 0.6 is 0 Å². The normalized spacial score (nSPS) is 16.3. The molecule has 0 atom stereocenters. The van der Waals surface area contributed by atoms with Crippen LogP contribution < -0.4 is 10.1 Å². The van der Waals surface area contributed by atoms with Gasteiger partial charge in [0.25, 0.3) is 5.91 Å². The van der Waals surface area contributed by atoms with Gasteiger partial charge >= 0.3 is 6.18 Å². The zero-order chi connectivity index (χ0) is 25.3. The molecule has 0 bridgehead atoms. The first-order valence-electron chi connectivity index (χ1n) is 10.9. The molecule has 2 aromatic rings. The predicted molar refractivity (Wildman–Crippen MR) is 122 cm³/mol. The fourth-order valence-electron chi connectivity index (χ4n) is 3.70. The smallest absolute Gasteiger partial charge is 0.416 e. The number of hydrogen-bond donors (Lipinski definition) is 1. The fourth-order valence-corrected chi connectivity index (χ4v) is 5.17. The second kappa shape index (κ2) is 9.58. The van der Waals surface area contributed by atoms with Crippen molar-refractivity contribution in [3.8, 4) is 5.75 Å². The molecule has 34 heavy (non-hydrogen) atoms. The highest BCUT2D eigenvalue weighted by molar-refractivity contribution is 7.89. The Bertz CT molecular complexity index is 1140. The van der Waals surface area contributed by atoms with Crippen LogP contribution in [-0.4, -0.2) is 43.4 Å². The van der Waals surface area contributed by atoms with Gasteiger partial charge in [-0.05, 0) is 82.0 Å². The van der Waals surface area contributed by atoms with Crippen molar-refractivity contribution in [1.29, 1.82) is 0 Å². The first-order valence-corrected chi connectivity index (χ1v) is 12.4. The number of ether oxygens (including phenoxy) is 1. The van der Waals surface area contributed by atoms with Crippen LogP contribution in [0.1, 0.15) is 43.4 Å². The van der Waals surface area contributed by atoms with Crippen LogP contribution in [0, 0.1) is 13.8 Å². The van der Waals surface area contributed by atoms with Gasteiger partial charge in [0.1, 0.15) is 5.75 Å². The zero-order valence-corrected chi connectivity index (χ0v) is 20.4. The lowest BCUT2D eigenvalue weighted by molar-refractivity contribution is -0.137. The third kappa shape index (κ3) is 5.90. The predicted octanol–water partition coefficient (Wildman–Crippen LogP) is 4.45. The van der Waals surface area contributed by atoms with Crippen LogP contribution in [0.4, 0.5) is 13.2 Å². The molecule has 2 aromatic carbocycles. The van der Waals surface area contributed by atoms with Crippen molar-refractivity contribution in [3.63, 3.8) is 0 Å². The minimum Gasteiger partial charge on any atom is -0.478 e. The van der Waals surface area contributed by atoms with Crippen LogP contribution in [0.25, 0.3) is 0 Å². The molecule has 1 aliphatic rings. The average molecular weight is 499 g/mol. The van der Waals surface area contributed by atoms with Gasteiger partial charge < -0.3 is 10.1 Å². The number of halogens is 3. The molecule has 1 heterocycles. The van der Waals surface area contributed by atoms with Gasteiger partial charge in [-0.15, -0.1) is 0 Å². The number of amides is 1. The maximum Gasteiger partial charge on any atom is 0.416 e. The SMILES string of the molecule is Cc1ccc(C)c(OC(C)(C)C(=O)NC2CCN(S(=O)(=O)c3ccc(C(F)(F)F)cc3)CC2)c1. The van der Waals surface area contributed by atoms with Gasteiger partial charge in [0.05, 0.1) is 10.5 Å². The topological polar surface area (TPSA) is 75.7 Å². The van der Waals surface area contributed by atoms with Crippen LogP contribution in [-0.2, 0) is 21.0 Å². The number of nitrogens with zero attached hydrogens (tertiary/aromatic N) is 1. The largest absolute Gasteiger partial charge is 0.478 e. The summed E-state index contributed by atoms with van der Waals surface area (Å²) in [5, 5.41) is 2.94. The van der Waals surface area contributed by atoms with Crippen molar-refractivity contribution in [1.82, 2.24) is 9.62 Å². The lowest BCUT2D eigenvalue weighted by Gasteiger charge is -2.34. The highest BCUT2D eigenvalue weighted by atomic mass is 32.2. The summed E-state index contributed by atoms with van der Waals surface area (Å²) in [5.74, 6) is 0.315. The average Bonchev–Trinajstić information content (AvgIpc) is 2.76. The minimum absolute atomic E-state index is 0.145. The molecule has 3 rings (SSSR count). The van der Waals surface area contributed by atoms with Gasteiger partial charge in [0, 0.05) is 19.1 Å². The van der Waals surface area contributed by atoms with Crippen molar-refractivity contribution < 1.29 is 31.1 Å². The summed E-state index contributed by atoms with van der Waals surface area (Å²) in [6, 6.07) is 8.98. The summed E-state index contributed by atoms with van der Waals surface area (Å²) in [7, 11) is -3.93. The number of rotatable bonds is 6. The Labute approximate surface area is 198 Å². The van der Waals surface area contributed by atoms with Crippen molar-refractivity contribution >= 4 is 15.9 Å². The van der Waals surface area contributed by atoms with Crippen LogP contribution in [0.15, 0.2) is 47.4 Å². The Morgan fingerprint density at radius 2 is 1.62 bits per heavy atom. The van der Waals surface area contributed by atoms with E-state index in [9.17, 15) is 26.4 Å². The summed E-state index contributed by atoms with van der Waals surface area (Å²) in [4.78, 5) is 12.7. The molecule has 10 heteroatoms. The van der Waals surface area contributed by atoms with E-state index in [4.69, 9.17) is 4.74 Å². The molecule has 1 N–H and O–H groups in total. The second-order valence-electron chi connectivity index (χ2n) is 9.06. The molecule has 1 aliphatic heterocycles. The number of hydrogen-bond acceptors (Lipinski definition) is 4. The summed E-state index contributed by atoms with van der Waals surface area (Å²) in [5.41, 5.74) is -0.118. The highest BCUT2D eigenvalue weighted by Gasteiger charge is 2.36. The molecule has 0 saturated carbocycles. The minimum atomic E-state index is -4.53. The van der Waals surface area contributed by atoms with Gasteiger partial charge in [0.15, 0.2) is 5.60 Å². The molecule has 186 valence electrons. The molecular formula is C24H29F3N2O4S.